The van der Waals surface area contributed by atoms with Crippen molar-refractivity contribution in [1.29, 1.82) is 0 Å². The molecule has 3 N–H and O–H groups in total. The number of likely N-dealkylation sites (tertiary alicyclic amines) is 1. The third kappa shape index (κ3) is 7.29. The average molecular weight is 531 g/mol. The first-order chi connectivity index (χ1) is 19.0. The van der Waals surface area contributed by atoms with Crippen LogP contribution in [0.5, 0.6) is 0 Å². The van der Waals surface area contributed by atoms with Crippen LogP contribution in [0.25, 0.3) is 0 Å². The zero-order valence-electron chi connectivity index (χ0n) is 23.6. The van der Waals surface area contributed by atoms with Gasteiger partial charge in [0.15, 0.2) is 0 Å². The Balaban J connectivity index is 1.30. The van der Waals surface area contributed by atoms with Crippen molar-refractivity contribution in [2.24, 2.45) is 23.5 Å². The summed E-state index contributed by atoms with van der Waals surface area (Å²) in [6.07, 6.45) is 8.19. The van der Waals surface area contributed by atoms with Gasteiger partial charge in [0.1, 0.15) is 6.04 Å². The van der Waals surface area contributed by atoms with Crippen LogP contribution < -0.4 is 11.1 Å². The Labute approximate surface area is 234 Å². The van der Waals surface area contributed by atoms with E-state index in [1.807, 2.05) is 4.90 Å². The number of carbonyl (C=O) groups is 2. The van der Waals surface area contributed by atoms with E-state index < -0.39 is 0 Å². The molecule has 4 unspecified atom stereocenters. The predicted molar refractivity (Wildman–Crippen MR) is 156 cm³/mol. The SMILES string of the molecule is Cc1ccccc1CN(CCc1ccccc1)C1CC(C(=O)NCC2CCCC(CN)C2)N(C(=O)C2CC2)C1. The molecule has 2 aromatic rings. The van der Waals surface area contributed by atoms with Crippen molar-refractivity contribution >= 4 is 11.8 Å². The molecule has 2 amide bonds. The lowest BCUT2D eigenvalue weighted by atomic mass is 9.81. The lowest BCUT2D eigenvalue weighted by molar-refractivity contribution is -0.139. The molecule has 1 saturated heterocycles. The number of rotatable bonds is 11. The van der Waals surface area contributed by atoms with Crippen molar-refractivity contribution in [3.8, 4) is 0 Å². The third-order valence-corrected chi connectivity index (χ3v) is 9.26. The van der Waals surface area contributed by atoms with Crippen LogP contribution in [0.4, 0.5) is 0 Å². The summed E-state index contributed by atoms with van der Waals surface area (Å²) in [6, 6.07) is 18.9. The summed E-state index contributed by atoms with van der Waals surface area (Å²) < 4.78 is 0. The summed E-state index contributed by atoms with van der Waals surface area (Å²) in [6.45, 7) is 5.95. The number of nitrogens with one attached hydrogen (secondary N) is 1. The van der Waals surface area contributed by atoms with Gasteiger partial charge in [0.05, 0.1) is 0 Å². The van der Waals surface area contributed by atoms with Crippen LogP contribution in [0, 0.1) is 24.7 Å². The van der Waals surface area contributed by atoms with Crippen molar-refractivity contribution in [2.75, 3.05) is 26.2 Å². The topological polar surface area (TPSA) is 78.7 Å². The van der Waals surface area contributed by atoms with E-state index in [1.165, 1.54) is 29.5 Å². The number of nitrogens with two attached hydrogens (primary N) is 1. The molecule has 4 atom stereocenters. The van der Waals surface area contributed by atoms with Crippen molar-refractivity contribution in [3.63, 3.8) is 0 Å². The molecule has 2 aromatic carbocycles. The van der Waals surface area contributed by atoms with Gasteiger partial charge >= 0.3 is 0 Å². The zero-order chi connectivity index (χ0) is 27.2. The Morgan fingerprint density at radius 2 is 1.72 bits per heavy atom. The molecule has 6 heteroatoms. The highest BCUT2D eigenvalue weighted by molar-refractivity contribution is 5.90. The summed E-state index contributed by atoms with van der Waals surface area (Å²) in [5.41, 5.74) is 9.85. The molecule has 5 rings (SSSR count). The first-order valence-electron chi connectivity index (χ1n) is 15.1. The molecule has 3 fully saturated rings. The molecule has 39 heavy (non-hydrogen) atoms. The summed E-state index contributed by atoms with van der Waals surface area (Å²) in [5, 5.41) is 3.27. The van der Waals surface area contributed by atoms with Gasteiger partial charge in [-0.15, -0.1) is 0 Å². The maximum absolute atomic E-state index is 13.6. The lowest BCUT2D eigenvalue weighted by Gasteiger charge is -2.30. The molecular weight excluding hydrogens is 484 g/mol. The maximum Gasteiger partial charge on any atom is 0.242 e. The maximum atomic E-state index is 13.6. The first-order valence-corrected chi connectivity index (χ1v) is 15.1. The number of hydrogen-bond donors (Lipinski definition) is 2. The molecule has 6 nitrogen and oxygen atoms in total. The van der Waals surface area contributed by atoms with E-state index in [9.17, 15) is 9.59 Å². The minimum atomic E-state index is -0.381. The minimum Gasteiger partial charge on any atom is -0.354 e. The molecule has 0 radical (unpaired) electrons. The molecule has 210 valence electrons. The van der Waals surface area contributed by atoms with E-state index in [0.29, 0.717) is 31.3 Å². The Morgan fingerprint density at radius 1 is 0.974 bits per heavy atom. The Hall–Kier alpha value is -2.70. The van der Waals surface area contributed by atoms with E-state index in [-0.39, 0.29) is 29.8 Å². The van der Waals surface area contributed by atoms with Crippen LogP contribution in [-0.2, 0) is 22.6 Å². The van der Waals surface area contributed by atoms with Crippen LogP contribution in [0.3, 0.4) is 0 Å². The second-order valence-electron chi connectivity index (χ2n) is 12.2. The predicted octanol–water partition coefficient (Wildman–Crippen LogP) is 4.30. The summed E-state index contributed by atoms with van der Waals surface area (Å²) in [4.78, 5) is 31.4. The van der Waals surface area contributed by atoms with E-state index >= 15 is 0 Å². The molecule has 2 saturated carbocycles. The fraction of sp³-hybridized carbons (Fsp3) is 0.576. The van der Waals surface area contributed by atoms with Gasteiger partial charge in [-0.1, -0.05) is 61.0 Å². The largest absolute Gasteiger partial charge is 0.354 e. The summed E-state index contributed by atoms with van der Waals surface area (Å²) in [5.74, 6) is 1.38. The van der Waals surface area contributed by atoms with Crippen molar-refractivity contribution in [2.45, 2.75) is 76.9 Å². The highest BCUT2D eigenvalue weighted by atomic mass is 16.2. The molecule has 1 aliphatic heterocycles. The van der Waals surface area contributed by atoms with E-state index in [4.69, 9.17) is 5.73 Å². The number of amides is 2. The first kappa shape index (κ1) is 27.9. The van der Waals surface area contributed by atoms with Gasteiger partial charge in [-0.05, 0) is 86.9 Å². The van der Waals surface area contributed by atoms with Crippen LogP contribution >= 0.6 is 0 Å². The molecule has 0 aromatic heterocycles. The highest BCUT2D eigenvalue weighted by Gasteiger charge is 2.45. The average Bonchev–Trinajstić information content (AvgIpc) is 3.73. The molecule has 0 spiro atoms. The van der Waals surface area contributed by atoms with Crippen molar-refractivity contribution < 1.29 is 9.59 Å². The second-order valence-corrected chi connectivity index (χ2v) is 12.2. The molecule has 3 aliphatic rings. The van der Waals surface area contributed by atoms with Crippen LogP contribution in [-0.4, -0.2) is 59.9 Å². The fourth-order valence-electron chi connectivity index (χ4n) is 6.61. The van der Waals surface area contributed by atoms with Gasteiger partial charge in [0, 0.05) is 38.1 Å². The zero-order valence-corrected chi connectivity index (χ0v) is 23.6. The number of benzene rings is 2. The highest BCUT2D eigenvalue weighted by Crippen LogP contribution is 2.35. The molecular formula is C33H46N4O2. The van der Waals surface area contributed by atoms with Crippen molar-refractivity contribution in [1.82, 2.24) is 15.1 Å². The number of aryl methyl sites for hydroxylation is 1. The molecule has 0 bridgehead atoms. The van der Waals surface area contributed by atoms with Gasteiger partial charge in [0.25, 0.3) is 0 Å². The summed E-state index contributed by atoms with van der Waals surface area (Å²) in [7, 11) is 0. The number of hydrogen-bond acceptors (Lipinski definition) is 4. The van der Waals surface area contributed by atoms with Gasteiger partial charge in [0.2, 0.25) is 11.8 Å². The smallest absolute Gasteiger partial charge is 0.242 e. The van der Waals surface area contributed by atoms with E-state index in [0.717, 1.165) is 51.7 Å². The Kier molecular flexibility index (Phi) is 9.36. The molecule has 1 heterocycles. The molecule has 2 aliphatic carbocycles. The number of carbonyl (C=O) groups excluding carboxylic acids is 2. The third-order valence-electron chi connectivity index (χ3n) is 9.26. The minimum absolute atomic E-state index is 0.0280. The quantitative estimate of drug-likeness (QED) is 0.454. The van der Waals surface area contributed by atoms with Crippen LogP contribution in [0.15, 0.2) is 54.6 Å². The Morgan fingerprint density at radius 3 is 2.46 bits per heavy atom. The van der Waals surface area contributed by atoms with Crippen LogP contribution in [0.1, 0.15) is 61.6 Å². The van der Waals surface area contributed by atoms with Crippen molar-refractivity contribution in [3.05, 3.63) is 71.3 Å². The number of nitrogens with zero attached hydrogens (tertiary/aromatic N) is 2. The van der Waals surface area contributed by atoms with Gasteiger partial charge in [-0.3, -0.25) is 14.5 Å². The van der Waals surface area contributed by atoms with Gasteiger partial charge in [-0.25, -0.2) is 0 Å². The van der Waals surface area contributed by atoms with Crippen LogP contribution in [0.2, 0.25) is 0 Å². The summed E-state index contributed by atoms with van der Waals surface area (Å²) >= 11 is 0. The second kappa shape index (κ2) is 13.1. The van der Waals surface area contributed by atoms with Gasteiger partial charge < -0.3 is 16.0 Å². The normalized spacial score (nSPS) is 25.2. The van der Waals surface area contributed by atoms with E-state index in [1.54, 1.807) is 0 Å². The van der Waals surface area contributed by atoms with E-state index in [2.05, 4.69) is 71.7 Å². The standard InChI is InChI=1S/C33H46N4O2/c1-24-8-5-6-13-29(24)22-36(17-16-25-9-3-2-4-10-25)30-19-31(37(23-30)33(39)28-14-15-28)32(38)35-21-27-12-7-11-26(18-27)20-34/h2-6,8-10,13,26-28,30-31H,7,11-12,14-23,34H2,1H3,(H,35,38). The Bertz CT molecular complexity index is 1100. The lowest BCUT2D eigenvalue weighted by Crippen LogP contribution is -2.47. The van der Waals surface area contributed by atoms with Gasteiger partial charge in [-0.2, -0.15) is 0 Å². The fourth-order valence-corrected chi connectivity index (χ4v) is 6.61. The monoisotopic (exact) mass is 530 g/mol.